The molecule has 0 spiro atoms. The van der Waals surface area contributed by atoms with Crippen LogP contribution in [0.1, 0.15) is 40.7 Å². The van der Waals surface area contributed by atoms with Gasteiger partial charge in [-0.3, -0.25) is 0 Å². The molecule has 0 radical (unpaired) electrons. The third-order valence-corrected chi connectivity index (χ3v) is 4.92. The lowest BCUT2D eigenvalue weighted by atomic mass is 9.92. The van der Waals surface area contributed by atoms with Gasteiger partial charge in [-0.1, -0.05) is 46.9 Å². The van der Waals surface area contributed by atoms with E-state index in [9.17, 15) is 0 Å². The van der Waals surface area contributed by atoms with E-state index in [0.717, 1.165) is 13.0 Å². The molecule has 0 saturated heterocycles. The predicted molar refractivity (Wildman–Crippen MR) is 73.5 cm³/mol. The number of hydrogen-bond donors (Lipinski definition) is 0. The second-order valence-electron chi connectivity index (χ2n) is 4.51. The Morgan fingerprint density at radius 2 is 1.94 bits per heavy atom. The number of fused-ring (bicyclic) bond motifs is 1. The van der Waals surface area contributed by atoms with Crippen molar-refractivity contribution < 1.29 is 4.74 Å². The van der Waals surface area contributed by atoms with Gasteiger partial charge in [-0.15, -0.1) is 0 Å². The Kier molecular flexibility index (Phi) is 2.92. The lowest BCUT2D eigenvalue weighted by Gasteiger charge is -2.21. The first-order chi connectivity index (χ1) is 7.86. The average molecular weight is 326 g/mol. The van der Waals surface area contributed by atoms with Gasteiger partial charge in [0.1, 0.15) is 6.61 Å². The molecule has 84 valence electrons. The summed E-state index contributed by atoms with van der Waals surface area (Å²) in [5, 5.41) is 0. The highest BCUT2D eigenvalue weighted by Gasteiger charge is 2.26. The van der Waals surface area contributed by atoms with Crippen molar-refractivity contribution in [2.24, 2.45) is 0 Å². The molecule has 1 nitrogen and oxygen atoms in total. The highest BCUT2D eigenvalue weighted by atomic mass is 127. The Hall–Kier alpha value is -0.510. The van der Waals surface area contributed by atoms with Crippen LogP contribution in [0.15, 0.2) is 35.6 Å². The van der Waals surface area contributed by atoms with E-state index in [4.69, 9.17) is 4.74 Å². The largest absolute Gasteiger partial charge is 0.493 e. The molecule has 1 aromatic carbocycles. The quantitative estimate of drug-likeness (QED) is 0.503. The summed E-state index contributed by atoms with van der Waals surface area (Å²) in [5.74, 6) is 1.28. The number of ether oxygens (including phenoxy) is 1. The molecular formula is C14H15IO. The summed E-state index contributed by atoms with van der Waals surface area (Å²) < 4.78 is 6.50. The Morgan fingerprint density at radius 1 is 1.12 bits per heavy atom. The van der Waals surface area contributed by atoms with Crippen molar-refractivity contribution in [3.05, 3.63) is 46.7 Å². The fourth-order valence-corrected chi connectivity index (χ4v) is 3.87. The Labute approximate surface area is 110 Å². The van der Waals surface area contributed by atoms with Crippen molar-refractivity contribution >= 4 is 22.6 Å². The van der Waals surface area contributed by atoms with Crippen LogP contribution in [0.5, 0.6) is 0 Å². The lowest BCUT2D eigenvalue weighted by molar-refractivity contribution is 0.181. The smallest absolute Gasteiger partial charge is 0.113 e. The first-order valence-electron chi connectivity index (χ1n) is 5.93. The molecular weight excluding hydrogens is 311 g/mol. The molecule has 0 aromatic heterocycles. The van der Waals surface area contributed by atoms with Gasteiger partial charge in [-0.2, -0.15) is 0 Å². The molecule has 1 aromatic rings. The van der Waals surface area contributed by atoms with Crippen LogP contribution in [-0.4, -0.2) is 0 Å². The first kappa shape index (κ1) is 10.6. The molecule has 0 N–H and O–H groups in total. The number of rotatable bonds is 0. The van der Waals surface area contributed by atoms with Crippen molar-refractivity contribution in [2.75, 3.05) is 0 Å². The van der Waals surface area contributed by atoms with Crippen LogP contribution < -0.4 is 0 Å². The van der Waals surface area contributed by atoms with E-state index in [2.05, 4.69) is 46.9 Å². The zero-order valence-electron chi connectivity index (χ0n) is 9.21. The van der Waals surface area contributed by atoms with Crippen LogP contribution in [0, 0.1) is 0 Å². The summed E-state index contributed by atoms with van der Waals surface area (Å²) in [7, 11) is 0. The van der Waals surface area contributed by atoms with Gasteiger partial charge in [0.15, 0.2) is 0 Å². The first-order valence-corrected chi connectivity index (χ1v) is 7.17. The molecule has 3 rings (SSSR count). The molecule has 16 heavy (non-hydrogen) atoms. The summed E-state index contributed by atoms with van der Waals surface area (Å²) in [6.45, 7) is 0.758. The minimum Gasteiger partial charge on any atom is -0.493 e. The van der Waals surface area contributed by atoms with Crippen LogP contribution in [-0.2, 0) is 11.3 Å². The maximum Gasteiger partial charge on any atom is 0.113 e. The number of benzene rings is 1. The van der Waals surface area contributed by atoms with E-state index in [-0.39, 0.29) is 0 Å². The summed E-state index contributed by atoms with van der Waals surface area (Å²) in [5.41, 5.74) is 4.35. The number of halogens is 1. The SMILES string of the molecule is IC1C2=C(CCCC2)OCc2ccccc21. The van der Waals surface area contributed by atoms with Gasteiger partial charge in [-0.05, 0) is 36.0 Å². The van der Waals surface area contributed by atoms with E-state index in [1.165, 1.54) is 41.7 Å². The van der Waals surface area contributed by atoms with Gasteiger partial charge in [0, 0.05) is 6.42 Å². The maximum atomic E-state index is 5.98. The van der Waals surface area contributed by atoms with Crippen molar-refractivity contribution in [1.29, 1.82) is 0 Å². The summed E-state index contributed by atoms with van der Waals surface area (Å²) in [6.07, 6.45) is 4.97. The molecule has 1 heterocycles. The molecule has 2 aliphatic rings. The Balaban J connectivity index is 2.05. The molecule has 1 aliphatic carbocycles. The van der Waals surface area contributed by atoms with E-state index >= 15 is 0 Å². The second-order valence-corrected chi connectivity index (χ2v) is 5.75. The molecule has 1 aliphatic heterocycles. The Morgan fingerprint density at radius 3 is 2.88 bits per heavy atom. The van der Waals surface area contributed by atoms with E-state index in [1.54, 1.807) is 0 Å². The number of allylic oxidation sites excluding steroid dienone is 2. The van der Waals surface area contributed by atoms with Crippen molar-refractivity contribution in [3.8, 4) is 0 Å². The fourth-order valence-electron chi connectivity index (χ4n) is 2.60. The third-order valence-electron chi connectivity index (χ3n) is 3.49. The fraction of sp³-hybridized carbons (Fsp3) is 0.429. The second kappa shape index (κ2) is 4.40. The van der Waals surface area contributed by atoms with Crippen molar-refractivity contribution in [1.82, 2.24) is 0 Å². The van der Waals surface area contributed by atoms with Crippen LogP contribution in [0.25, 0.3) is 0 Å². The van der Waals surface area contributed by atoms with Gasteiger partial charge in [0.05, 0.1) is 9.68 Å². The average Bonchev–Trinajstić information content (AvgIpc) is 2.49. The van der Waals surface area contributed by atoms with Gasteiger partial charge in [-0.25, -0.2) is 0 Å². The van der Waals surface area contributed by atoms with E-state index < -0.39 is 0 Å². The van der Waals surface area contributed by atoms with Gasteiger partial charge < -0.3 is 4.74 Å². The number of alkyl halides is 1. The normalized spacial score (nSPS) is 24.2. The molecule has 1 atom stereocenters. The highest BCUT2D eigenvalue weighted by Crippen LogP contribution is 2.43. The summed E-state index contributed by atoms with van der Waals surface area (Å²) >= 11 is 2.57. The third kappa shape index (κ3) is 1.77. The van der Waals surface area contributed by atoms with Crippen LogP contribution in [0.3, 0.4) is 0 Å². The zero-order valence-corrected chi connectivity index (χ0v) is 11.4. The minimum absolute atomic E-state index is 0.520. The molecule has 0 fully saturated rings. The van der Waals surface area contributed by atoms with E-state index in [0.29, 0.717) is 3.92 Å². The van der Waals surface area contributed by atoms with Crippen LogP contribution >= 0.6 is 22.6 Å². The monoisotopic (exact) mass is 326 g/mol. The molecule has 2 heteroatoms. The zero-order chi connectivity index (χ0) is 11.0. The molecule has 1 unspecified atom stereocenters. The van der Waals surface area contributed by atoms with Crippen LogP contribution in [0.2, 0.25) is 0 Å². The molecule has 0 saturated carbocycles. The van der Waals surface area contributed by atoms with Gasteiger partial charge in [0.25, 0.3) is 0 Å². The summed E-state index contributed by atoms with van der Waals surface area (Å²) in [4.78, 5) is 0. The maximum absolute atomic E-state index is 5.98. The van der Waals surface area contributed by atoms with E-state index in [1.807, 2.05) is 0 Å². The van der Waals surface area contributed by atoms with Gasteiger partial charge >= 0.3 is 0 Å². The molecule has 0 bridgehead atoms. The Bertz CT molecular complexity index is 436. The highest BCUT2D eigenvalue weighted by molar-refractivity contribution is 14.1. The van der Waals surface area contributed by atoms with Crippen LogP contribution in [0.4, 0.5) is 0 Å². The lowest BCUT2D eigenvalue weighted by Crippen LogP contribution is -2.04. The topological polar surface area (TPSA) is 9.23 Å². The van der Waals surface area contributed by atoms with Gasteiger partial charge in [0.2, 0.25) is 0 Å². The number of hydrogen-bond acceptors (Lipinski definition) is 1. The summed E-state index contributed by atoms with van der Waals surface area (Å²) in [6, 6.07) is 8.69. The minimum atomic E-state index is 0.520. The van der Waals surface area contributed by atoms with Crippen molar-refractivity contribution in [2.45, 2.75) is 36.2 Å². The molecule has 0 amide bonds. The standard InChI is InChI=1S/C14H15IO/c15-14-11-6-2-1-5-10(11)9-16-13-8-4-3-7-12(13)14/h1-2,5-6,14H,3-4,7-9H2. The van der Waals surface area contributed by atoms with Crippen molar-refractivity contribution in [3.63, 3.8) is 0 Å². The predicted octanol–water partition coefficient (Wildman–Crippen LogP) is 4.52.